The van der Waals surface area contributed by atoms with Crippen LogP contribution in [0.25, 0.3) is 0 Å². The summed E-state index contributed by atoms with van der Waals surface area (Å²) in [6, 6.07) is 0.245. The first kappa shape index (κ1) is 6.67. The van der Waals surface area contributed by atoms with Crippen molar-refractivity contribution in [3.05, 3.63) is 18.2 Å². The van der Waals surface area contributed by atoms with Gasteiger partial charge in [-0.25, -0.2) is 4.98 Å². The minimum atomic E-state index is 0.245. The fourth-order valence-electron chi connectivity index (χ4n) is 1.46. The second-order valence-corrected chi connectivity index (χ2v) is 2.78. The molecule has 2 rings (SSSR count). The van der Waals surface area contributed by atoms with Crippen molar-refractivity contribution < 1.29 is 5.21 Å². The highest BCUT2D eigenvalue weighted by atomic mass is 16.5. The van der Waals surface area contributed by atoms with E-state index in [0.29, 0.717) is 0 Å². The van der Waals surface area contributed by atoms with Crippen molar-refractivity contribution in [1.29, 1.82) is 0 Å². The highest BCUT2D eigenvalue weighted by Crippen LogP contribution is 2.20. The summed E-state index contributed by atoms with van der Waals surface area (Å²) in [5, 5.41) is 12.5. The molecule has 1 aromatic rings. The largest absolute Gasteiger partial charge is 0.427 e. The lowest BCUT2D eigenvalue weighted by Crippen LogP contribution is -2.16. The molecule has 1 aliphatic rings. The first-order valence-electron chi connectivity index (χ1n) is 3.84. The Balaban J connectivity index is 2.21. The molecule has 0 aromatic carbocycles. The lowest BCUT2D eigenvalue weighted by Gasteiger charge is -2.07. The van der Waals surface area contributed by atoms with Gasteiger partial charge in [-0.3, -0.25) is 0 Å². The van der Waals surface area contributed by atoms with Crippen LogP contribution in [0.1, 0.15) is 24.7 Å². The van der Waals surface area contributed by atoms with E-state index in [0.717, 1.165) is 29.9 Å². The Morgan fingerprint density at radius 3 is 3.18 bits per heavy atom. The van der Waals surface area contributed by atoms with Crippen molar-refractivity contribution in [1.82, 2.24) is 15.0 Å². The van der Waals surface area contributed by atoms with Gasteiger partial charge in [0.2, 0.25) is 0 Å². The molecule has 2 heterocycles. The molecule has 0 saturated carbocycles. The number of imidazole rings is 1. The first-order valence-corrected chi connectivity index (χ1v) is 3.84. The maximum absolute atomic E-state index is 9.23. The van der Waals surface area contributed by atoms with E-state index in [-0.39, 0.29) is 6.04 Å². The van der Waals surface area contributed by atoms with Gasteiger partial charge in [0.25, 0.3) is 0 Å². The summed E-state index contributed by atoms with van der Waals surface area (Å²) in [6.07, 6.45) is 5.39. The quantitative estimate of drug-likeness (QED) is 0.579. The Hall–Kier alpha value is -1.03. The average molecular weight is 153 g/mol. The topological polar surface area (TPSA) is 50.1 Å². The average Bonchev–Trinajstić information content (AvgIpc) is 2.55. The highest BCUT2D eigenvalue weighted by Gasteiger charge is 2.20. The Bertz CT molecular complexity index is 240. The lowest BCUT2D eigenvalue weighted by molar-refractivity contribution is 0.169. The number of aromatic nitrogens is 2. The molecular weight excluding hydrogens is 142 g/mol. The Kier molecular flexibility index (Phi) is 1.54. The fraction of sp³-hybridized carbons (Fsp3) is 0.571. The van der Waals surface area contributed by atoms with Crippen molar-refractivity contribution in [2.45, 2.75) is 18.9 Å². The zero-order valence-corrected chi connectivity index (χ0v) is 6.20. The van der Waals surface area contributed by atoms with Crippen molar-refractivity contribution in [2.24, 2.45) is 0 Å². The van der Waals surface area contributed by atoms with E-state index in [1.807, 2.05) is 0 Å². The Morgan fingerprint density at radius 1 is 1.73 bits per heavy atom. The summed E-state index contributed by atoms with van der Waals surface area (Å²) in [7, 11) is 0. The van der Waals surface area contributed by atoms with Gasteiger partial charge in [-0.05, 0) is 19.4 Å². The van der Waals surface area contributed by atoms with E-state index >= 15 is 0 Å². The number of hydrogen-bond donors (Lipinski definition) is 2. The van der Waals surface area contributed by atoms with E-state index in [1.54, 1.807) is 12.4 Å². The van der Waals surface area contributed by atoms with E-state index < -0.39 is 0 Å². The molecule has 60 valence electrons. The third-order valence-corrected chi connectivity index (χ3v) is 2.02. The number of hydrogen-bond acceptors (Lipinski definition) is 3. The molecule has 11 heavy (non-hydrogen) atoms. The Morgan fingerprint density at radius 2 is 2.64 bits per heavy atom. The highest BCUT2D eigenvalue weighted by molar-refractivity contribution is 4.99. The minimum absolute atomic E-state index is 0.245. The van der Waals surface area contributed by atoms with Crippen molar-refractivity contribution in [2.75, 3.05) is 6.54 Å². The van der Waals surface area contributed by atoms with Gasteiger partial charge in [0.15, 0.2) is 5.82 Å². The molecule has 1 aromatic heterocycles. The first-order chi connectivity index (χ1) is 5.38. The third-order valence-electron chi connectivity index (χ3n) is 2.02. The van der Waals surface area contributed by atoms with E-state index in [1.165, 1.54) is 0 Å². The molecular formula is C7H11N3O. The van der Waals surface area contributed by atoms with Crippen LogP contribution >= 0.6 is 0 Å². The van der Waals surface area contributed by atoms with Crippen molar-refractivity contribution in [3.63, 3.8) is 0 Å². The molecule has 0 amide bonds. The normalized spacial score (nSPS) is 24.2. The van der Waals surface area contributed by atoms with Gasteiger partial charge in [-0.15, -0.1) is 0 Å². The zero-order chi connectivity index (χ0) is 7.68. The van der Waals surface area contributed by atoms with Crippen LogP contribution in [0, 0.1) is 0 Å². The summed E-state index contributed by atoms with van der Waals surface area (Å²) in [5.41, 5.74) is 0. The van der Waals surface area contributed by atoms with Crippen LogP contribution in [0.3, 0.4) is 0 Å². The molecule has 1 fully saturated rings. The predicted octanol–water partition coefficient (Wildman–Crippen LogP) is 0.545. The van der Waals surface area contributed by atoms with E-state index in [4.69, 9.17) is 0 Å². The smallest absolute Gasteiger partial charge is 0.161 e. The molecule has 0 radical (unpaired) electrons. The SMILES string of the molecule is On1ccnc1C1CCCN1. The van der Waals surface area contributed by atoms with Gasteiger partial charge in [-0.2, -0.15) is 4.73 Å². The van der Waals surface area contributed by atoms with Crippen molar-refractivity contribution in [3.8, 4) is 0 Å². The summed E-state index contributed by atoms with van der Waals surface area (Å²) in [5.74, 6) is 0.725. The summed E-state index contributed by atoms with van der Waals surface area (Å²) >= 11 is 0. The van der Waals surface area contributed by atoms with Crippen LogP contribution in [0.4, 0.5) is 0 Å². The molecule has 2 N–H and O–H groups in total. The molecule has 1 unspecified atom stereocenters. The van der Waals surface area contributed by atoms with Gasteiger partial charge in [0.05, 0.1) is 12.2 Å². The van der Waals surface area contributed by atoms with Gasteiger partial charge < -0.3 is 10.5 Å². The van der Waals surface area contributed by atoms with Crippen molar-refractivity contribution >= 4 is 0 Å². The van der Waals surface area contributed by atoms with E-state index in [2.05, 4.69) is 10.3 Å². The standard InChI is InChI=1S/C7H11N3O/c11-10-5-4-9-7(10)6-2-1-3-8-6/h4-6,8,11H,1-3H2. The third kappa shape index (κ3) is 1.09. The molecule has 4 heteroatoms. The van der Waals surface area contributed by atoms with Crippen LogP contribution in [-0.2, 0) is 0 Å². The van der Waals surface area contributed by atoms with E-state index in [9.17, 15) is 5.21 Å². The molecule has 0 spiro atoms. The zero-order valence-electron chi connectivity index (χ0n) is 6.20. The molecule has 0 aliphatic carbocycles. The maximum atomic E-state index is 9.23. The molecule has 4 nitrogen and oxygen atoms in total. The molecule has 1 atom stereocenters. The van der Waals surface area contributed by atoms with Crippen LogP contribution in [0.2, 0.25) is 0 Å². The number of nitrogens with one attached hydrogen (secondary N) is 1. The Labute approximate surface area is 64.8 Å². The van der Waals surface area contributed by atoms with Crippen LogP contribution in [0.15, 0.2) is 12.4 Å². The van der Waals surface area contributed by atoms with Gasteiger partial charge in [0.1, 0.15) is 0 Å². The van der Waals surface area contributed by atoms with Gasteiger partial charge in [-0.1, -0.05) is 0 Å². The maximum Gasteiger partial charge on any atom is 0.161 e. The summed E-state index contributed by atoms with van der Waals surface area (Å²) in [4.78, 5) is 4.05. The minimum Gasteiger partial charge on any atom is -0.427 e. The molecule has 1 aliphatic heterocycles. The fourth-order valence-corrected chi connectivity index (χ4v) is 1.46. The molecule has 1 saturated heterocycles. The monoisotopic (exact) mass is 153 g/mol. The van der Waals surface area contributed by atoms with Crippen LogP contribution in [0.5, 0.6) is 0 Å². The second-order valence-electron chi connectivity index (χ2n) is 2.78. The van der Waals surface area contributed by atoms with Gasteiger partial charge >= 0.3 is 0 Å². The van der Waals surface area contributed by atoms with Gasteiger partial charge in [0, 0.05) is 6.20 Å². The summed E-state index contributed by atoms with van der Waals surface area (Å²) < 4.78 is 1.09. The van der Waals surface area contributed by atoms with Crippen LogP contribution in [-0.4, -0.2) is 21.5 Å². The molecule has 0 bridgehead atoms. The lowest BCUT2D eigenvalue weighted by atomic mass is 10.2. The second kappa shape index (κ2) is 2.54. The summed E-state index contributed by atoms with van der Waals surface area (Å²) in [6.45, 7) is 1.03. The number of nitrogens with zero attached hydrogens (tertiary/aromatic N) is 2. The number of rotatable bonds is 1. The van der Waals surface area contributed by atoms with Crippen LogP contribution < -0.4 is 5.32 Å². The predicted molar refractivity (Wildman–Crippen MR) is 39.4 cm³/mol.